The van der Waals surface area contributed by atoms with Gasteiger partial charge >= 0.3 is 18.1 Å². The largest absolute Gasteiger partial charge is 0.408 e. The molecule has 0 rings (SSSR count). The summed E-state index contributed by atoms with van der Waals surface area (Å²) in [4.78, 5) is 5.18. The number of hydrogen-bond donors (Lipinski definition) is 0. The lowest BCUT2D eigenvalue weighted by Gasteiger charge is -2.31. The Labute approximate surface area is 132 Å². The standard InChI is InChI=1S/C12H21F7N3Si/c1-21(2)9(22(3)8-23(4)5)20-12(18,19)10(13,14)6-7-11(15,16)17/h6-8H2,1-5H3. The first kappa shape index (κ1) is 22.0. The van der Waals surface area contributed by atoms with Crippen molar-refractivity contribution in [3.63, 3.8) is 0 Å². The topological polar surface area (TPSA) is 18.8 Å². The number of guanidine groups is 1. The fourth-order valence-electron chi connectivity index (χ4n) is 1.73. The first-order valence-corrected chi connectivity index (χ1v) is 9.39. The van der Waals surface area contributed by atoms with E-state index in [1.54, 1.807) is 0 Å². The summed E-state index contributed by atoms with van der Waals surface area (Å²) in [5.74, 6) is -5.30. The second-order valence-corrected chi connectivity index (χ2v) is 8.46. The van der Waals surface area contributed by atoms with E-state index >= 15 is 0 Å². The van der Waals surface area contributed by atoms with E-state index < -0.39 is 45.7 Å². The molecule has 0 fully saturated rings. The van der Waals surface area contributed by atoms with Gasteiger partial charge in [-0.3, -0.25) is 0 Å². The molecule has 0 aliphatic carbocycles. The Morgan fingerprint density at radius 3 is 1.74 bits per heavy atom. The Morgan fingerprint density at radius 2 is 1.39 bits per heavy atom. The van der Waals surface area contributed by atoms with Crippen LogP contribution in [0.25, 0.3) is 0 Å². The number of aliphatic imine (C=N–C) groups is 1. The van der Waals surface area contributed by atoms with Gasteiger partial charge in [0.15, 0.2) is 0 Å². The molecule has 0 aliphatic heterocycles. The van der Waals surface area contributed by atoms with E-state index in [1.165, 1.54) is 26.0 Å². The van der Waals surface area contributed by atoms with E-state index in [1.807, 2.05) is 13.1 Å². The zero-order chi connectivity index (χ0) is 18.6. The van der Waals surface area contributed by atoms with Crippen LogP contribution < -0.4 is 0 Å². The van der Waals surface area contributed by atoms with Crippen molar-refractivity contribution in [3.8, 4) is 0 Å². The normalized spacial score (nSPS) is 14.4. The highest BCUT2D eigenvalue weighted by atomic mass is 28.3. The molecule has 0 aromatic carbocycles. The number of hydrogen-bond acceptors (Lipinski definition) is 1. The molecule has 0 aliphatic rings. The second kappa shape index (κ2) is 7.71. The van der Waals surface area contributed by atoms with Crippen LogP contribution in [0.4, 0.5) is 30.7 Å². The van der Waals surface area contributed by atoms with Crippen LogP contribution in [0.2, 0.25) is 13.1 Å². The molecule has 1 radical (unpaired) electrons. The second-order valence-electron chi connectivity index (χ2n) is 5.73. The molecule has 0 saturated carbocycles. The van der Waals surface area contributed by atoms with Crippen LogP contribution in [0.15, 0.2) is 4.99 Å². The Bertz CT molecular complexity index is 408. The third-order valence-corrected chi connectivity index (χ3v) is 3.80. The average Bonchev–Trinajstić information content (AvgIpc) is 2.31. The monoisotopic (exact) mass is 368 g/mol. The molecule has 0 bridgehead atoms. The zero-order valence-corrected chi connectivity index (χ0v) is 14.6. The van der Waals surface area contributed by atoms with Crippen LogP contribution in [-0.4, -0.2) is 70.0 Å². The number of halogens is 7. The van der Waals surface area contributed by atoms with E-state index in [0.29, 0.717) is 6.17 Å². The molecule has 0 heterocycles. The van der Waals surface area contributed by atoms with Gasteiger partial charge in [0, 0.05) is 40.2 Å². The Hall–Kier alpha value is -1.00. The van der Waals surface area contributed by atoms with Gasteiger partial charge < -0.3 is 9.80 Å². The fraction of sp³-hybridized carbons (Fsp3) is 0.917. The minimum absolute atomic E-state index is 0.367. The Kier molecular flexibility index (Phi) is 7.38. The van der Waals surface area contributed by atoms with Crippen molar-refractivity contribution < 1.29 is 30.7 Å². The summed E-state index contributed by atoms with van der Waals surface area (Å²) in [6.45, 7) is 3.79. The van der Waals surface area contributed by atoms with Gasteiger partial charge in [-0.2, -0.15) is 35.7 Å². The van der Waals surface area contributed by atoms with Gasteiger partial charge in [-0.1, -0.05) is 13.1 Å². The molecule has 0 saturated heterocycles. The van der Waals surface area contributed by atoms with Crippen LogP contribution in [-0.2, 0) is 0 Å². The van der Waals surface area contributed by atoms with E-state index in [4.69, 9.17) is 0 Å². The lowest BCUT2D eigenvalue weighted by molar-refractivity contribution is -0.223. The van der Waals surface area contributed by atoms with Gasteiger partial charge in [0.25, 0.3) is 0 Å². The molecule has 0 aromatic rings. The third kappa shape index (κ3) is 7.40. The summed E-state index contributed by atoms with van der Waals surface area (Å²) in [5, 5.41) is 0. The number of alkyl halides is 7. The Balaban J connectivity index is 5.40. The molecule has 3 nitrogen and oxygen atoms in total. The summed E-state index contributed by atoms with van der Waals surface area (Å²) >= 11 is 0. The van der Waals surface area contributed by atoms with Crippen LogP contribution in [0.3, 0.4) is 0 Å². The van der Waals surface area contributed by atoms with Crippen molar-refractivity contribution in [2.24, 2.45) is 4.99 Å². The maximum Gasteiger partial charge on any atom is 0.408 e. The van der Waals surface area contributed by atoms with Gasteiger partial charge in [0.1, 0.15) is 0 Å². The summed E-state index contributed by atoms with van der Waals surface area (Å²) < 4.78 is 90.5. The lowest BCUT2D eigenvalue weighted by atomic mass is 10.1. The molecule has 0 amide bonds. The highest BCUT2D eigenvalue weighted by Crippen LogP contribution is 2.41. The molecule has 23 heavy (non-hydrogen) atoms. The summed E-state index contributed by atoms with van der Waals surface area (Å²) in [6, 6.07) is -4.93. The third-order valence-electron chi connectivity index (χ3n) is 2.70. The van der Waals surface area contributed by atoms with Gasteiger partial charge in [-0.15, -0.1) is 0 Å². The zero-order valence-electron chi connectivity index (χ0n) is 13.6. The highest BCUT2D eigenvalue weighted by Gasteiger charge is 2.58. The van der Waals surface area contributed by atoms with Crippen LogP contribution in [0.1, 0.15) is 12.8 Å². The van der Waals surface area contributed by atoms with Crippen molar-refractivity contribution in [2.75, 3.05) is 27.3 Å². The molecule has 137 valence electrons. The minimum atomic E-state index is -4.94. The van der Waals surface area contributed by atoms with Gasteiger partial charge in [0.05, 0.1) is 8.80 Å². The van der Waals surface area contributed by atoms with E-state index in [2.05, 4.69) is 4.99 Å². The SMILES string of the molecule is CN(C)C(=NC(F)(F)C(F)(F)CCC(F)(F)F)N(C)C[Si](C)C. The van der Waals surface area contributed by atoms with Crippen molar-refractivity contribution >= 4 is 14.8 Å². The van der Waals surface area contributed by atoms with E-state index in [-0.39, 0.29) is 0 Å². The number of rotatable bonds is 6. The van der Waals surface area contributed by atoms with Gasteiger partial charge in [-0.25, -0.2) is 0 Å². The first-order valence-electron chi connectivity index (χ1n) is 6.69. The minimum Gasteiger partial charge on any atom is -0.349 e. The quantitative estimate of drug-likeness (QED) is 0.234. The molecular weight excluding hydrogens is 347 g/mol. The number of nitrogens with zero attached hydrogens (tertiary/aromatic N) is 3. The molecule has 0 aromatic heterocycles. The van der Waals surface area contributed by atoms with Crippen molar-refractivity contribution in [2.45, 2.75) is 44.1 Å². The lowest BCUT2D eigenvalue weighted by Crippen LogP contribution is -2.47. The highest BCUT2D eigenvalue weighted by molar-refractivity contribution is 6.56. The maximum absolute atomic E-state index is 13.7. The van der Waals surface area contributed by atoms with Crippen LogP contribution in [0, 0.1) is 0 Å². The predicted molar refractivity (Wildman–Crippen MR) is 76.4 cm³/mol. The molecule has 0 N–H and O–H groups in total. The van der Waals surface area contributed by atoms with Crippen LogP contribution >= 0.6 is 0 Å². The van der Waals surface area contributed by atoms with Crippen molar-refractivity contribution in [1.82, 2.24) is 9.80 Å². The summed E-state index contributed by atoms with van der Waals surface area (Å²) in [5.41, 5.74) is 0. The molecule has 0 unspecified atom stereocenters. The predicted octanol–water partition coefficient (Wildman–Crippen LogP) is 3.70. The molecule has 11 heteroatoms. The smallest absolute Gasteiger partial charge is 0.349 e. The van der Waals surface area contributed by atoms with Crippen LogP contribution in [0.5, 0.6) is 0 Å². The van der Waals surface area contributed by atoms with Gasteiger partial charge in [-0.05, 0) is 0 Å². The summed E-state index contributed by atoms with van der Waals surface area (Å²) in [6.07, 6.45) is -8.60. The molecular formula is C12H21F7N3Si. The van der Waals surface area contributed by atoms with Gasteiger partial charge in [0.2, 0.25) is 5.96 Å². The average molecular weight is 368 g/mol. The Morgan fingerprint density at radius 1 is 0.913 bits per heavy atom. The fourth-order valence-corrected chi connectivity index (χ4v) is 2.82. The van der Waals surface area contributed by atoms with E-state index in [9.17, 15) is 30.7 Å². The molecule has 0 spiro atoms. The first-order chi connectivity index (χ1) is 10.1. The maximum atomic E-state index is 13.7. The van der Waals surface area contributed by atoms with E-state index in [0.717, 1.165) is 4.90 Å². The molecule has 0 atom stereocenters. The van der Waals surface area contributed by atoms with Crippen molar-refractivity contribution in [1.29, 1.82) is 0 Å². The van der Waals surface area contributed by atoms with Crippen molar-refractivity contribution in [3.05, 3.63) is 0 Å². The summed E-state index contributed by atoms with van der Waals surface area (Å²) in [7, 11) is 3.21.